The SMILES string of the molecule is Cc1cc(S(=O)(=O)N2c3ccccc3NC(=O)C2CC(=O)NN)c(C)cc1Cl. The van der Waals surface area contributed by atoms with Gasteiger partial charge in [0.2, 0.25) is 11.8 Å². The second kappa shape index (κ2) is 7.42. The topological polar surface area (TPSA) is 122 Å². The van der Waals surface area contributed by atoms with Crippen molar-refractivity contribution in [3.8, 4) is 0 Å². The summed E-state index contributed by atoms with van der Waals surface area (Å²) in [6.45, 7) is 3.31. The van der Waals surface area contributed by atoms with Gasteiger partial charge in [0.05, 0.1) is 22.7 Å². The Hall–Kier alpha value is -2.62. The molecule has 1 unspecified atom stereocenters. The van der Waals surface area contributed by atoms with Crippen molar-refractivity contribution >= 4 is 44.8 Å². The van der Waals surface area contributed by atoms with Gasteiger partial charge in [-0.1, -0.05) is 23.7 Å². The van der Waals surface area contributed by atoms with E-state index in [0.717, 1.165) is 4.31 Å². The van der Waals surface area contributed by atoms with E-state index in [1.807, 2.05) is 5.43 Å². The van der Waals surface area contributed by atoms with Crippen LogP contribution in [-0.2, 0) is 19.6 Å². The highest BCUT2D eigenvalue weighted by Crippen LogP contribution is 2.38. The largest absolute Gasteiger partial charge is 0.322 e. The van der Waals surface area contributed by atoms with Crippen LogP contribution in [0.5, 0.6) is 0 Å². The molecule has 0 saturated carbocycles. The molecule has 0 saturated heterocycles. The fraction of sp³-hybridized carbons (Fsp3) is 0.222. The minimum absolute atomic E-state index is 0.0112. The summed E-state index contributed by atoms with van der Waals surface area (Å²) in [6.07, 6.45) is -0.429. The number of anilines is 2. The highest BCUT2D eigenvalue weighted by molar-refractivity contribution is 7.93. The molecule has 0 radical (unpaired) electrons. The van der Waals surface area contributed by atoms with Gasteiger partial charge in [-0.05, 0) is 49.2 Å². The number of rotatable bonds is 4. The molecule has 1 aliphatic rings. The summed E-state index contributed by atoms with van der Waals surface area (Å²) in [7, 11) is -4.19. The first-order valence-electron chi connectivity index (χ1n) is 8.37. The van der Waals surface area contributed by atoms with Crippen molar-refractivity contribution in [2.75, 3.05) is 9.62 Å². The predicted octanol–water partition coefficient (Wildman–Crippen LogP) is 1.85. The Morgan fingerprint density at radius 2 is 1.93 bits per heavy atom. The first-order chi connectivity index (χ1) is 13.2. The van der Waals surface area contributed by atoms with Crippen LogP contribution in [-0.4, -0.2) is 26.3 Å². The molecule has 148 valence electrons. The lowest BCUT2D eigenvalue weighted by molar-refractivity contribution is -0.125. The number of fused-ring (bicyclic) bond motifs is 1. The molecule has 10 heteroatoms. The maximum absolute atomic E-state index is 13.6. The number of amides is 2. The molecular formula is C18H19ClN4O4S. The molecule has 0 fully saturated rings. The van der Waals surface area contributed by atoms with Crippen LogP contribution < -0.4 is 20.9 Å². The van der Waals surface area contributed by atoms with E-state index in [2.05, 4.69) is 5.32 Å². The molecule has 2 amide bonds. The Morgan fingerprint density at radius 1 is 1.25 bits per heavy atom. The third kappa shape index (κ3) is 3.44. The van der Waals surface area contributed by atoms with Crippen LogP contribution in [0.3, 0.4) is 0 Å². The third-order valence-electron chi connectivity index (χ3n) is 4.52. The lowest BCUT2D eigenvalue weighted by Gasteiger charge is -2.37. The molecule has 1 heterocycles. The lowest BCUT2D eigenvalue weighted by Crippen LogP contribution is -2.53. The molecule has 1 aliphatic heterocycles. The quantitative estimate of drug-likeness (QED) is 0.394. The number of benzene rings is 2. The van der Waals surface area contributed by atoms with Crippen LogP contribution in [0.1, 0.15) is 17.5 Å². The Morgan fingerprint density at radius 3 is 2.61 bits per heavy atom. The van der Waals surface area contributed by atoms with Gasteiger partial charge in [0.25, 0.3) is 10.0 Å². The first-order valence-corrected chi connectivity index (χ1v) is 10.2. The maximum Gasteiger partial charge on any atom is 0.265 e. The van der Waals surface area contributed by atoms with Crippen LogP contribution in [0, 0.1) is 13.8 Å². The van der Waals surface area contributed by atoms with Crippen LogP contribution in [0.2, 0.25) is 5.02 Å². The molecule has 0 spiro atoms. The second-order valence-electron chi connectivity index (χ2n) is 6.46. The Kier molecular flexibility index (Phi) is 5.33. The molecular weight excluding hydrogens is 404 g/mol. The van der Waals surface area contributed by atoms with E-state index in [1.54, 1.807) is 44.2 Å². The van der Waals surface area contributed by atoms with E-state index in [4.69, 9.17) is 17.4 Å². The molecule has 0 aliphatic carbocycles. The van der Waals surface area contributed by atoms with E-state index in [-0.39, 0.29) is 10.6 Å². The van der Waals surface area contributed by atoms with Crippen LogP contribution >= 0.6 is 11.6 Å². The van der Waals surface area contributed by atoms with Gasteiger partial charge in [-0.3, -0.25) is 19.3 Å². The van der Waals surface area contributed by atoms with Crippen LogP contribution in [0.25, 0.3) is 0 Å². The van der Waals surface area contributed by atoms with E-state index in [9.17, 15) is 18.0 Å². The number of halogens is 1. The number of hydrogen-bond donors (Lipinski definition) is 3. The minimum atomic E-state index is -4.19. The number of carbonyl (C=O) groups excluding carboxylic acids is 2. The number of sulfonamides is 1. The molecule has 1 atom stereocenters. The number of hydrazine groups is 1. The van der Waals surface area contributed by atoms with Gasteiger partial charge in [0.1, 0.15) is 6.04 Å². The van der Waals surface area contributed by atoms with Gasteiger partial charge in [-0.15, -0.1) is 0 Å². The number of para-hydroxylation sites is 2. The molecule has 0 bridgehead atoms. The zero-order valence-corrected chi connectivity index (χ0v) is 16.8. The lowest BCUT2D eigenvalue weighted by atomic mass is 10.1. The molecule has 8 nitrogen and oxygen atoms in total. The molecule has 4 N–H and O–H groups in total. The van der Waals surface area contributed by atoms with E-state index < -0.39 is 34.3 Å². The van der Waals surface area contributed by atoms with Crippen molar-refractivity contribution in [3.63, 3.8) is 0 Å². The molecule has 0 aromatic heterocycles. The fourth-order valence-corrected chi connectivity index (χ4v) is 5.25. The van der Waals surface area contributed by atoms with Crippen molar-refractivity contribution in [3.05, 3.63) is 52.5 Å². The summed E-state index contributed by atoms with van der Waals surface area (Å²) in [5, 5.41) is 3.08. The summed E-state index contributed by atoms with van der Waals surface area (Å²) in [5.74, 6) is 3.86. The summed E-state index contributed by atoms with van der Waals surface area (Å²) < 4.78 is 28.2. The van der Waals surface area contributed by atoms with E-state index >= 15 is 0 Å². The van der Waals surface area contributed by atoms with Crippen molar-refractivity contribution in [2.45, 2.75) is 31.2 Å². The maximum atomic E-state index is 13.6. The van der Waals surface area contributed by atoms with Crippen molar-refractivity contribution in [1.29, 1.82) is 0 Å². The summed E-state index contributed by atoms with van der Waals surface area (Å²) in [4.78, 5) is 24.5. The zero-order chi connectivity index (χ0) is 20.6. The fourth-order valence-electron chi connectivity index (χ4n) is 3.11. The minimum Gasteiger partial charge on any atom is -0.322 e. The van der Waals surface area contributed by atoms with E-state index in [1.165, 1.54) is 6.07 Å². The highest BCUT2D eigenvalue weighted by atomic mass is 35.5. The Bertz CT molecular complexity index is 1070. The second-order valence-corrected chi connectivity index (χ2v) is 8.65. The van der Waals surface area contributed by atoms with Gasteiger partial charge in [-0.2, -0.15) is 0 Å². The van der Waals surface area contributed by atoms with Gasteiger partial charge < -0.3 is 5.32 Å². The van der Waals surface area contributed by atoms with Crippen LogP contribution in [0.4, 0.5) is 11.4 Å². The number of aryl methyl sites for hydroxylation is 2. The highest BCUT2D eigenvalue weighted by Gasteiger charge is 2.42. The smallest absolute Gasteiger partial charge is 0.265 e. The summed E-state index contributed by atoms with van der Waals surface area (Å²) in [5.41, 5.74) is 3.56. The van der Waals surface area contributed by atoms with Crippen molar-refractivity contribution in [2.24, 2.45) is 5.84 Å². The predicted molar refractivity (Wildman–Crippen MR) is 106 cm³/mol. The zero-order valence-electron chi connectivity index (χ0n) is 15.2. The Labute approximate surface area is 167 Å². The van der Waals surface area contributed by atoms with E-state index in [0.29, 0.717) is 21.8 Å². The average Bonchev–Trinajstić information content (AvgIpc) is 2.64. The molecule has 2 aromatic rings. The third-order valence-corrected chi connectivity index (χ3v) is 6.89. The van der Waals surface area contributed by atoms with Gasteiger partial charge >= 0.3 is 0 Å². The molecule has 28 heavy (non-hydrogen) atoms. The average molecular weight is 423 g/mol. The normalized spacial score (nSPS) is 16.4. The van der Waals surface area contributed by atoms with Gasteiger partial charge in [0.15, 0.2) is 0 Å². The van der Waals surface area contributed by atoms with Gasteiger partial charge in [-0.25, -0.2) is 14.3 Å². The number of nitrogens with one attached hydrogen (secondary N) is 2. The van der Waals surface area contributed by atoms with Crippen LogP contribution in [0.15, 0.2) is 41.3 Å². The summed E-state index contributed by atoms with van der Waals surface area (Å²) >= 11 is 6.10. The number of carbonyl (C=O) groups is 2. The summed E-state index contributed by atoms with van der Waals surface area (Å²) in [6, 6.07) is 8.21. The monoisotopic (exact) mass is 422 g/mol. The Balaban J connectivity index is 2.23. The number of nitrogens with two attached hydrogens (primary N) is 1. The van der Waals surface area contributed by atoms with Crippen molar-refractivity contribution < 1.29 is 18.0 Å². The first kappa shape index (κ1) is 20.1. The molecule has 2 aromatic carbocycles. The standard InChI is InChI=1S/C18H19ClN4O4S/c1-10-8-16(11(2)7-12(10)19)28(26,27)23-14-6-4-3-5-13(14)21-18(25)15(23)9-17(24)22-20/h3-8,15H,9,20H2,1-2H3,(H,21,25)(H,22,24). The van der Waals surface area contributed by atoms with Gasteiger partial charge in [0, 0.05) is 5.02 Å². The van der Waals surface area contributed by atoms with Crippen molar-refractivity contribution in [1.82, 2.24) is 5.43 Å². The molecule has 3 rings (SSSR count). The number of nitrogens with zero attached hydrogens (tertiary/aromatic N) is 1. The number of hydrogen-bond acceptors (Lipinski definition) is 5.